The van der Waals surface area contributed by atoms with Gasteiger partial charge in [-0.3, -0.25) is 9.78 Å². The number of fused-ring (bicyclic) bond motifs is 1. The van der Waals surface area contributed by atoms with E-state index in [1.165, 1.54) is 18.5 Å². The minimum atomic E-state index is -0.0141. The van der Waals surface area contributed by atoms with E-state index in [1.54, 1.807) is 0 Å². The van der Waals surface area contributed by atoms with Crippen molar-refractivity contribution in [1.29, 1.82) is 0 Å². The number of aromatic nitrogens is 4. The maximum Gasteiger partial charge on any atom is 0.252 e. The molecule has 1 aliphatic heterocycles. The Kier molecular flexibility index (Phi) is 5.36. The monoisotopic (exact) mass is 478 g/mol. The topological polar surface area (TPSA) is 84.7 Å². The summed E-state index contributed by atoms with van der Waals surface area (Å²) < 4.78 is 1.88. The number of anilines is 2. The van der Waals surface area contributed by atoms with E-state index in [9.17, 15) is 4.79 Å². The molecule has 7 nitrogen and oxygen atoms in total. The van der Waals surface area contributed by atoms with Crippen molar-refractivity contribution >= 4 is 17.5 Å². The predicted octanol–water partition coefficient (Wildman–Crippen LogP) is 6.07. The lowest BCUT2D eigenvalue weighted by Gasteiger charge is -2.12. The quantitative estimate of drug-likeness (QED) is 0.351. The van der Waals surface area contributed by atoms with Crippen molar-refractivity contribution in [2.75, 3.05) is 5.32 Å². The van der Waals surface area contributed by atoms with Gasteiger partial charge in [0.2, 0.25) is 5.95 Å². The van der Waals surface area contributed by atoms with E-state index < -0.39 is 0 Å². The van der Waals surface area contributed by atoms with Gasteiger partial charge in [-0.2, -0.15) is 4.98 Å². The number of nitrogens with zero attached hydrogens (tertiary/aromatic N) is 4. The molecule has 2 aromatic heterocycles. The van der Waals surface area contributed by atoms with Crippen molar-refractivity contribution in [3.05, 3.63) is 76.6 Å². The molecule has 0 bridgehead atoms. The van der Waals surface area contributed by atoms with Crippen molar-refractivity contribution in [1.82, 2.24) is 25.1 Å². The van der Waals surface area contributed by atoms with Crippen LogP contribution in [0.1, 0.15) is 71.4 Å². The molecule has 182 valence electrons. The van der Waals surface area contributed by atoms with Crippen molar-refractivity contribution in [2.45, 2.75) is 59.0 Å². The highest BCUT2D eigenvalue weighted by molar-refractivity contribution is 6.00. The molecule has 6 rings (SSSR count). The van der Waals surface area contributed by atoms with Crippen LogP contribution in [-0.4, -0.2) is 25.7 Å². The molecule has 36 heavy (non-hydrogen) atoms. The number of hydrogen-bond donors (Lipinski definition) is 2. The van der Waals surface area contributed by atoms with Gasteiger partial charge in [0, 0.05) is 46.7 Å². The highest BCUT2D eigenvalue weighted by atomic mass is 16.2. The summed E-state index contributed by atoms with van der Waals surface area (Å²) in [6.45, 7) is 8.84. The Morgan fingerprint density at radius 2 is 1.83 bits per heavy atom. The molecular weight excluding hydrogens is 448 g/mol. The molecule has 1 saturated carbocycles. The van der Waals surface area contributed by atoms with E-state index in [2.05, 4.69) is 59.8 Å². The fourth-order valence-electron chi connectivity index (χ4n) is 4.95. The second kappa shape index (κ2) is 8.59. The van der Waals surface area contributed by atoms with Crippen molar-refractivity contribution < 1.29 is 4.79 Å². The lowest BCUT2D eigenvalue weighted by atomic mass is 10.0. The number of carbonyl (C=O) groups excluding carboxylic acids is 1. The minimum Gasteiger partial charge on any atom is -0.345 e. The molecular formula is C29H30N6O. The number of aryl methyl sites for hydroxylation is 3. The maximum atomic E-state index is 12.2. The van der Waals surface area contributed by atoms with E-state index in [-0.39, 0.29) is 11.9 Å². The summed E-state index contributed by atoms with van der Waals surface area (Å²) in [7, 11) is 0. The molecule has 3 heterocycles. The molecule has 0 saturated heterocycles. The summed E-state index contributed by atoms with van der Waals surface area (Å²) in [5.74, 6) is 2.02. The Balaban J connectivity index is 1.29. The zero-order valence-corrected chi connectivity index (χ0v) is 21.1. The highest BCUT2D eigenvalue weighted by Crippen LogP contribution is 2.39. The largest absolute Gasteiger partial charge is 0.345 e. The second-order valence-electron chi connectivity index (χ2n) is 9.93. The molecule has 7 heteroatoms. The molecule has 4 aromatic rings. The first-order chi connectivity index (χ1) is 17.4. The molecule has 1 atom stereocenters. The summed E-state index contributed by atoms with van der Waals surface area (Å²) in [6, 6.07) is 14.7. The van der Waals surface area contributed by atoms with Gasteiger partial charge in [-0.15, -0.1) is 5.10 Å². The average Bonchev–Trinajstić information content (AvgIpc) is 3.59. The Labute approximate surface area is 211 Å². The summed E-state index contributed by atoms with van der Waals surface area (Å²) in [4.78, 5) is 21.7. The SMILES string of the molecule is CCn1nc(-c2ccc(-c3ccc(C4CC4)nc3)cc2C)nc1Nc1cc2c(cc1C)C(=O)N[C@H]2C. The first-order valence-electron chi connectivity index (χ1n) is 12.7. The van der Waals surface area contributed by atoms with Crippen molar-refractivity contribution in [3.8, 4) is 22.5 Å². The summed E-state index contributed by atoms with van der Waals surface area (Å²) in [5, 5.41) is 11.2. The highest BCUT2D eigenvalue weighted by Gasteiger charge is 2.27. The number of amides is 1. The average molecular weight is 479 g/mol. The van der Waals surface area contributed by atoms with Gasteiger partial charge in [0.05, 0.1) is 6.04 Å². The normalized spacial score (nSPS) is 16.7. The van der Waals surface area contributed by atoms with Gasteiger partial charge in [0.15, 0.2) is 5.82 Å². The van der Waals surface area contributed by atoms with Gasteiger partial charge in [-0.05, 0) is 81.0 Å². The van der Waals surface area contributed by atoms with Crippen LogP contribution < -0.4 is 10.6 Å². The molecule has 2 aliphatic rings. The van der Waals surface area contributed by atoms with Crippen LogP contribution in [0.5, 0.6) is 0 Å². The van der Waals surface area contributed by atoms with Crippen LogP contribution in [0.4, 0.5) is 11.6 Å². The third-order valence-electron chi connectivity index (χ3n) is 7.26. The number of rotatable bonds is 6. The minimum absolute atomic E-state index is 0.00506. The maximum absolute atomic E-state index is 12.2. The van der Waals surface area contributed by atoms with Crippen LogP contribution in [0.25, 0.3) is 22.5 Å². The molecule has 1 amide bonds. The Morgan fingerprint density at radius 1 is 1.03 bits per heavy atom. The predicted molar refractivity (Wildman–Crippen MR) is 141 cm³/mol. The van der Waals surface area contributed by atoms with Crippen LogP contribution in [-0.2, 0) is 6.54 Å². The summed E-state index contributed by atoms with van der Waals surface area (Å²) >= 11 is 0. The Hall–Kier alpha value is -4.00. The third-order valence-corrected chi connectivity index (χ3v) is 7.26. The number of carbonyl (C=O) groups is 1. The van der Waals surface area contributed by atoms with Crippen molar-refractivity contribution in [3.63, 3.8) is 0 Å². The zero-order valence-electron chi connectivity index (χ0n) is 21.1. The van der Waals surface area contributed by atoms with Gasteiger partial charge >= 0.3 is 0 Å². The van der Waals surface area contributed by atoms with Crippen LogP contribution in [0.15, 0.2) is 48.7 Å². The number of nitrogens with one attached hydrogen (secondary N) is 2. The smallest absolute Gasteiger partial charge is 0.252 e. The zero-order chi connectivity index (χ0) is 25.0. The van der Waals surface area contributed by atoms with E-state index in [1.807, 2.05) is 36.9 Å². The van der Waals surface area contributed by atoms with Gasteiger partial charge in [-0.1, -0.05) is 24.3 Å². The molecule has 1 aliphatic carbocycles. The Morgan fingerprint density at radius 3 is 2.53 bits per heavy atom. The van der Waals surface area contributed by atoms with Crippen LogP contribution in [0.3, 0.4) is 0 Å². The Bertz CT molecular complexity index is 1480. The fraction of sp³-hybridized carbons (Fsp3) is 0.310. The molecule has 0 radical (unpaired) electrons. The fourth-order valence-corrected chi connectivity index (χ4v) is 4.95. The first-order valence-corrected chi connectivity index (χ1v) is 12.7. The van der Waals surface area contributed by atoms with E-state index >= 15 is 0 Å². The molecule has 2 N–H and O–H groups in total. The number of pyridine rings is 1. The lowest BCUT2D eigenvalue weighted by molar-refractivity contribution is 0.0958. The summed E-state index contributed by atoms with van der Waals surface area (Å²) in [5.41, 5.74) is 9.27. The van der Waals surface area contributed by atoms with E-state index in [0.717, 1.165) is 44.6 Å². The number of benzene rings is 2. The molecule has 0 unspecified atom stereocenters. The van der Waals surface area contributed by atoms with Crippen LogP contribution in [0.2, 0.25) is 0 Å². The van der Waals surface area contributed by atoms with Gasteiger partial charge in [-0.25, -0.2) is 4.68 Å². The van der Waals surface area contributed by atoms with Crippen molar-refractivity contribution in [2.24, 2.45) is 0 Å². The first kappa shape index (κ1) is 22.5. The van der Waals surface area contributed by atoms with E-state index in [0.29, 0.717) is 24.2 Å². The van der Waals surface area contributed by atoms with Gasteiger partial charge in [0.25, 0.3) is 5.91 Å². The van der Waals surface area contributed by atoms with Gasteiger partial charge < -0.3 is 10.6 Å². The number of hydrogen-bond acceptors (Lipinski definition) is 5. The summed E-state index contributed by atoms with van der Waals surface area (Å²) in [6.07, 6.45) is 4.50. The van der Waals surface area contributed by atoms with Crippen LogP contribution in [0, 0.1) is 13.8 Å². The molecule has 0 spiro atoms. The molecule has 1 fully saturated rings. The third kappa shape index (κ3) is 3.94. The second-order valence-corrected chi connectivity index (χ2v) is 9.93. The standard InChI is InChI=1S/C29H30N6O/c1-5-35-29(32-26-14-23-18(4)31-28(36)24(23)13-17(26)3)33-27(34-35)22-10-8-20(12-16(22)2)21-9-11-25(30-15-21)19-6-7-19/h8-15,18-19H,5-7H2,1-4H3,(H,31,36)(H,32,33,34)/t18-/m0/s1. The molecule has 2 aromatic carbocycles. The van der Waals surface area contributed by atoms with Gasteiger partial charge in [0.1, 0.15) is 0 Å². The van der Waals surface area contributed by atoms with Crippen LogP contribution >= 0.6 is 0 Å². The van der Waals surface area contributed by atoms with E-state index in [4.69, 9.17) is 10.1 Å². The lowest BCUT2D eigenvalue weighted by Crippen LogP contribution is -2.16.